The molecule has 4 aromatic rings. The predicted octanol–water partition coefficient (Wildman–Crippen LogP) is 6.27. The lowest BCUT2D eigenvalue weighted by Crippen LogP contribution is -2.29. The number of ether oxygens (including phenoxy) is 1. The molecule has 3 heterocycles. The van der Waals surface area contributed by atoms with Crippen molar-refractivity contribution in [3.63, 3.8) is 0 Å². The number of aryl methyl sites for hydroxylation is 1. The number of hydrogen-bond donors (Lipinski definition) is 2. The molecule has 2 aromatic heterocycles. The van der Waals surface area contributed by atoms with E-state index in [9.17, 15) is 18.0 Å². The van der Waals surface area contributed by atoms with Crippen LogP contribution in [0.2, 0.25) is 0 Å². The van der Waals surface area contributed by atoms with E-state index in [0.717, 1.165) is 40.5 Å². The number of hydrogen-bond acceptors (Lipinski definition) is 4. The molecule has 5 rings (SSSR count). The van der Waals surface area contributed by atoms with Crippen molar-refractivity contribution in [2.45, 2.75) is 32.1 Å². The van der Waals surface area contributed by atoms with Crippen molar-refractivity contribution < 1.29 is 22.7 Å². The first-order valence-electron chi connectivity index (χ1n) is 12.8. The molecule has 11 heteroatoms. The number of carbonyl (C=O) groups excluding carboxylic acids is 1. The van der Waals surface area contributed by atoms with Crippen molar-refractivity contribution in [2.24, 2.45) is 0 Å². The molecule has 0 spiro atoms. The highest BCUT2D eigenvalue weighted by Gasteiger charge is 2.42. The summed E-state index contributed by atoms with van der Waals surface area (Å²) in [5, 5.41) is 6.66. The van der Waals surface area contributed by atoms with E-state index in [4.69, 9.17) is 17.0 Å². The molecule has 0 aliphatic carbocycles. The van der Waals surface area contributed by atoms with Gasteiger partial charge in [0.15, 0.2) is 5.11 Å². The normalized spacial score (nSPS) is 17.0. The average Bonchev–Trinajstić information content (AvgIpc) is 3.44. The largest absolute Gasteiger partial charge is 0.416 e. The summed E-state index contributed by atoms with van der Waals surface area (Å²) in [5.41, 5.74) is 4.33. The van der Waals surface area contributed by atoms with E-state index >= 15 is 0 Å². The number of halogens is 3. The molecule has 0 saturated carbocycles. The summed E-state index contributed by atoms with van der Waals surface area (Å²) in [6, 6.07) is 19.5. The zero-order valence-corrected chi connectivity index (χ0v) is 23.4. The summed E-state index contributed by atoms with van der Waals surface area (Å²) >= 11 is 5.82. The summed E-state index contributed by atoms with van der Waals surface area (Å²) in [5.74, 6) is -0.270. The lowest BCUT2D eigenvalue weighted by atomic mass is 9.96. The van der Waals surface area contributed by atoms with E-state index in [1.165, 1.54) is 13.2 Å². The van der Waals surface area contributed by atoms with Gasteiger partial charge in [0.25, 0.3) is 0 Å². The van der Waals surface area contributed by atoms with Crippen molar-refractivity contribution in [1.29, 1.82) is 0 Å². The number of benzene rings is 2. The number of rotatable bonds is 7. The van der Waals surface area contributed by atoms with Gasteiger partial charge in [-0.15, -0.1) is 0 Å². The molecule has 1 aliphatic rings. The first-order chi connectivity index (χ1) is 19.6. The van der Waals surface area contributed by atoms with E-state index in [-0.39, 0.29) is 24.6 Å². The molecule has 1 fully saturated rings. The first-order valence-corrected chi connectivity index (χ1v) is 13.3. The number of pyridine rings is 1. The molecule has 2 atom stereocenters. The molecular weight excluding hydrogens is 551 g/mol. The van der Waals surface area contributed by atoms with Crippen LogP contribution >= 0.6 is 12.2 Å². The summed E-state index contributed by atoms with van der Waals surface area (Å²) < 4.78 is 47.3. The van der Waals surface area contributed by atoms with Crippen LogP contribution in [0.25, 0.3) is 5.69 Å². The monoisotopic (exact) mass is 579 g/mol. The molecular formula is C30H28F3N5O2S. The molecule has 0 bridgehead atoms. The maximum atomic E-state index is 13.5. The van der Waals surface area contributed by atoms with Crippen molar-refractivity contribution in [1.82, 2.24) is 14.9 Å². The molecule has 0 radical (unpaired) electrons. The highest BCUT2D eigenvalue weighted by Crippen LogP contribution is 2.44. The van der Waals surface area contributed by atoms with Crippen LogP contribution in [-0.4, -0.2) is 34.3 Å². The highest BCUT2D eigenvalue weighted by atomic mass is 32.1. The summed E-state index contributed by atoms with van der Waals surface area (Å²) in [4.78, 5) is 18.5. The Morgan fingerprint density at radius 1 is 1.05 bits per heavy atom. The van der Waals surface area contributed by atoms with Gasteiger partial charge in [0.2, 0.25) is 5.91 Å². The van der Waals surface area contributed by atoms with Gasteiger partial charge in [-0.25, -0.2) is 0 Å². The van der Waals surface area contributed by atoms with Crippen LogP contribution in [0.4, 0.5) is 24.5 Å². The van der Waals surface area contributed by atoms with Crippen molar-refractivity contribution in [2.75, 3.05) is 23.9 Å². The maximum absolute atomic E-state index is 13.5. The molecule has 7 nitrogen and oxygen atoms in total. The van der Waals surface area contributed by atoms with Crippen molar-refractivity contribution in [3.8, 4) is 5.69 Å². The minimum atomic E-state index is -4.45. The molecule has 212 valence electrons. The Labute approximate surface area is 241 Å². The third-order valence-corrected chi connectivity index (χ3v) is 7.34. The average molecular weight is 580 g/mol. The molecule has 1 amide bonds. The van der Waals surface area contributed by atoms with Crippen LogP contribution in [0.1, 0.15) is 40.3 Å². The van der Waals surface area contributed by atoms with E-state index in [1.54, 1.807) is 24.4 Å². The van der Waals surface area contributed by atoms with E-state index < -0.39 is 11.7 Å². The summed E-state index contributed by atoms with van der Waals surface area (Å²) in [6.07, 6.45) is -2.74. The van der Waals surface area contributed by atoms with Crippen LogP contribution in [0.3, 0.4) is 0 Å². The fraction of sp³-hybridized carbons (Fsp3) is 0.233. The van der Waals surface area contributed by atoms with Gasteiger partial charge in [0, 0.05) is 41.8 Å². The second-order valence-electron chi connectivity index (χ2n) is 9.73. The lowest BCUT2D eigenvalue weighted by Gasteiger charge is -2.28. The number of aromatic nitrogens is 2. The third kappa shape index (κ3) is 5.68. The lowest BCUT2D eigenvalue weighted by molar-refractivity contribution is -0.137. The van der Waals surface area contributed by atoms with Crippen LogP contribution < -0.4 is 15.5 Å². The maximum Gasteiger partial charge on any atom is 0.416 e. The molecule has 1 aliphatic heterocycles. The predicted molar refractivity (Wildman–Crippen MR) is 155 cm³/mol. The summed E-state index contributed by atoms with van der Waals surface area (Å²) in [7, 11) is 1.45. The second kappa shape index (κ2) is 11.3. The fourth-order valence-electron chi connectivity index (χ4n) is 5.29. The summed E-state index contributed by atoms with van der Waals surface area (Å²) in [6.45, 7) is 3.71. The molecule has 0 unspecified atom stereocenters. The number of nitrogens with zero attached hydrogens (tertiary/aromatic N) is 3. The van der Waals surface area contributed by atoms with Gasteiger partial charge in [-0.05, 0) is 92.3 Å². The number of methoxy groups -OCH3 is 1. The van der Waals surface area contributed by atoms with Crippen LogP contribution in [0.5, 0.6) is 0 Å². The van der Waals surface area contributed by atoms with E-state index in [1.807, 2.05) is 59.7 Å². The van der Waals surface area contributed by atoms with Gasteiger partial charge in [0.1, 0.15) is 6.61 Å². The van der Waals surface area contributed by atoms with E-state index in [0.29, 0.717) is 16.5 Å². The topological polar surface area (TPSA) is 71.4 Å². The fourth-order valence-corrected chi connectivity index (χ4v) is 5.63. The van der Waals surface area contributed by atoms with Gasteiger partial charge in [0.05, 0.1) is 23.3 Å². The molecule has 2 N–H and O–H groups in total. The number of carbonyl (C=O) groups is 1. The Morgan fingerprint density at radius 2 is 1.80 bits per heavy atom. The van der Waals surface area contributed by atoms with Gasteiger partial charge < -0.3 is 24.8 Å². The van der Waals surface area contributed by atoms with Gasteiger partial charge in [-0.3, -0.25) is 9.78 Å². The van der Waals surface area contributed by atoms with Crippen LogP contribution in [0, 0.1) is 13.8 Å². The Bertz CT molecular complexity index is 1570. The quantitative estimate of drug-likeness (QED) is 0.252. The SMILES string of the molecule is COCC(=O)Nc1ccc(N2C(=S)N[C@H](c3ccccn3)[C@H]2c2cc(C)n(-c3cccc(C(F)(F)F)c3)c2C)cc1. The molecule has 1 saturated heterocycles. The van der Waals surface area contributed by atoms with Crippen molar-refractivity contribution in [3.05, 3.63) is 107 Å². The Kier molecular flexibility index (Phi) is 7.83. The Morgan fingerprint density at radius 3 is 2.46 bits per heavy atom. The molecule has 2 aromatic carbocycles. The Balaban J connectivity index is 1.59. The number of amides is 1. The second-order valence-corrected chi connectivity index (χ2v) is 10.1. The number of alkyl halides is 3. The minimum absolute atomic E-state index is 0.0583. The van der Waals surface area contributed by atoms with E-state index in [2.05, 4.69) is 15.6 Å². The zero-order chi connectivity index (χ0) is 29.3. The van der Waals surface area contributed by atoms with Gasteiger partial charge in [-0.2, -0.15) is 13.2 Å². The first kappa shape index (κ1) is 28.3. The Hall–Kier alpha value is -4.22. The number of thiocarbonyl (C=S) groups is 1. The van der Waals surface area contributed by atoms with Crippen LogP contribution in [-0.2, 0) is 15.7 Å². The highest BCUT2D eigenvalue weighted by molar-refractivity contribution is 7.80. The third-order valence-electron chi connectivity index (χ3n) is 7.02. The smallest absolute Gasteiger partial charge is 0.375 e. The minimum Gasteiger partial charge on any atom is -0.375 e. The molecule has 41 heavy (non-hydrogen) atoms. The number of nitrogens with one attached hydrogen (secondary N) is 2. The van der Waals surface area contributed by atoms with Gasteiger partial charge >= 0.3 is 6.18 Å². The number of anilines is 2. The van der Waals surface area contributed by atoms with Gasteiger partial charge in [-0.1, -0.05) is 12.1 Å². The zero-order valence-electron chi connectivity index (χ0n) is 22.6. The standard InChI is InChI=1S/C30H28F3N5O2S/c1-18-15-24(19(2)37(18)23-8-6-7-20(16-23)30(31,32)33)28-27(25-9-4-5-14-34-25)36-29(41)38(28)22-12-10-21(11-13-22)35-26(39)17-40-3/h4-16,27-28H,17H2,1-3H3,(H,35,39)(H,36,41)/t27-,28-/m1/s1. The van der Waals surface area contributed by atoms with Crippen molar-refractivity contribution >= 4 is 34.6 Å². The van der Waals surface area contributed by atoms with Crippen LogP contribution in [0.15, 0.2) is 79.0 Å².